The van der Waals surface area contributed by atoms with Crippen LogP contribution in [-0.2, 0) is 35.8 Å². The van der Waals surface area contributed by atoms with E-state index in [1.807, 2.05) is 66.7 Å². The second-order valence-electron chi connectivity index (χ2n) is 11.6. The van der Waals surface area contributed by atoms with Crippen molar-refractivity contribution in [2.75, 3.05) is 13.2 Å². The highest BCUT2D eigenvalue weighted by Crippen LogP contribution is 2.45. The summed E-state index contributed by atoms with van der Waals surface area (Å²) in [4.78, 5) is 27.1. The van der Waals surface area contributed by atoms with Gasteiger partial charge >= 0.3 is 22.1 Å². The predicted octanol–water partition coefficient (Wildman–Crippen LogP) is 6.60. The molecule has 0 heterocycles. The van der Waals surface area contributed by atoms with Crippen LogP contribution in [0, 0.1) is 5.92 Å². The largest absolute Gasteiger partial charge is 0.464 e. The monoisotopic (exact) mass is 661 g/mol. The molecule has 0 aromatic heterocycles. The lowest BCUT2D eigenvalue weighted by Crippen LogP contribution is -2.32. The van der Waals surface area contributed by atoms with Crippen molar-refractivity contribution in [1.29, 1.82) is 0 Å². The summed E-state index contributed by atoms with van der Waals surface area (Å²) in [6.07, 6.45) is -0.126. The first kappa shape index (κ1) is 32.7. The molecule has 0 saturated heterocycles. The molecule has 1 aliphatic rings. The zero-order valence-corrected chi connectivity index (χ0v) is 26.9. The normalized spacial score (nSPS) is 13.5. The summed E-state index contributed by atoms with van der Waals surface area (Å²) in [7, 11) is -4.07. The average Bonchev–Trinajstić information content (AvgIpc) is 3.44. The van der Waals surface area contributed by atoms with Crippen molar-refractivity contribution in [3.05, 3.63) is 156 Å². The second kappa shape index (κ2) is 14.7. The van der Waals surface area contributed by atoms with Crippen molar-refractivity contribution in [1.82, 2.24) is 0 Å². The van der Waals surface area contributed by atoms with Gasteiger partial charge in [-0.3, -0.25) is 9.59 Å². The van der Waals surface area contributed by atoms with E-state index in [-0.39, 0.29) is 42.7 Å². The smallest absolute Gasteiger partial charge is 0.339 e. The van der Waals surface area contributed by atoms with Crippen LogP contribution in [0.2, 0.25) is 0 Å². The molecule has 5 aromatic carbocycles. The molecule has 2 atom stereocenters. The molecule has 0 aliphatic heterocycles. The summed E-state index contributed by atoms with van der Waals surface area (Å²) in [5.74, 6) is -2.74. The first-order valence-electron chi connectivity index (χ1n) is 15.7. The van der Waals surface area contributed by atoms with Gasteiger partial charge in [0.15, 0.2) is 0 Å². The number of hydrogen-bond donors (Lipinski definition) is 1. The Labute approximate surface area is 280 Å². The number of benzene rings is 5. The molecule has 6 rings (SSSR count). The maximum atomic E-state index is 14.0. The number of ether oxygens (including phenoxy) is 2. The molecule has 9 heteroatoms. The van der Waals surface area contributed by atoms with Crippen LogP contribution in [0.25, 0.3) is 11.1 Å². The lowest BCUT2D eigenvalue weighted by atomic mass is 9.83. The number of esters is 2. The van der Waals surface area contributed by atoms with Crippen LogP contribution in [0.3, 0.4) is 0 Å². The molecule has 0 radical (unpaired) electrons. The van der Waals surface area contributed by atoms with Gasteiger partial charge in [0.2, 0.25) is 0 Å². The number of fused-ring (bicyclic) bond motifs is 3. The molecule has 2 unspecified atom stereocenters. The molecule has 244 valence electrons. The van der Waals surface area contributed by atoms with E-state index >= 15 is 0 Å². The van der Waals surface area contributed by atoms with E-state index in [1.165, 1.54) is 24.3 Å². The first-order valence-corrected chi connectivity index (χ1v) is 17.1. The minimum atomic E-state index is -4.07. The van der Waals surface area contributed by atoms with Crippen LogP contribution < -0.4 is 9.92 Å². The van der Waals surface area contributed by atoms with Crippen LogP contribution in [-0.4, -0.2) is 33.5 Å². The van der Waals surface area contributed by atoms with E-state index in [4.69, 9.17) is 19.4 Å². The number of rotatable bonds is 13. The Morgan fingerprint density at radius 1 is 0.688 bits per heavy atom. The molecular weight excluding hydrogens is 626 g/mol. The van der Waals surface area contributed by atoms with E-state index in [9.17, 15) is 18.0 Å². The Morgan fingerprint density at radius 3 is 1.85 bits per heavy atom. The minimum Gasteiger partial charge on any atom is -0.464 e. The van der Waals surface area contributed by atoms with Crippen molar-refractivity contribution in [2.45, 2.75) is 29.8 Å². The predicted molar refractivity (Wildman–Crippen MR) is 182 cm³/mol. The van der Waals surface area contributed by atoms with E-state index in [1.54, 1.807) is 30.3 Å². The topological polar surface area (TPSA) is 122 Å². The van der Waals surface area contributed by atoms with E-state index in [0.717, 1.165) is 27.8 Å². The summed E-state index contributed by atoms with van der Waals surface area (Å²) in [6, 6.07) is 39.4. The Morgan fingerprint density at radius 2 is 1.25 bits per heavy atom. The molecule has 5 aromatic rings. The number of carbonyl (C=O) groups excluding carboxylic acids is 2. The fourth-order valence-corrected chi connectivity index (χ4v) is 7.09. The summed E-state index contributed by atoms with van der Waals surface area (Å²) in [6.45, 7) is 0.181. The highest BCUT2D eigenvalue weighted by molar-refractivity contribution is 7.87. The van der Waals surface area contributed by atoms with E-state index in [2.05, 4.69) is 12.1 Å². The molecular formula is C39H35NO7S. The minimum absolute atomic E-state index is 0.00403. The molecule has 0 bridgehead atoms. The third-order valence-corrected chi connectivity index (χ3v) is 9.79. The first-order chi connectivity index (χ1) is 23.3. The fourth-order valence-electron chi connectivity index (χ4n) is 6.14. The standard InChI is InChI=1S/C39H35NO7S/c40-24-29(23-37(41)45-25-27-11-3-1-4-12-27)38(28-19-21-30(22-20-28)47-48(43,44)31-13-5-2-6-14-31)39(42)46-26-36-34-17-9-7-15-32(34)33-16-8-10-18-35(33)36/h1-22,29,36,38H,23-26,40H2. The Balaban J connectivity index is 1.23. The van der Waals surface area contributed by atoms with Crippen LogP contribution in [0.1, 0.15) is 40.5 Å². The second-order valence-corrected chi connectivity index (χ2v) is 13.1. The molecule has 0 saturated carbocycles. The number of nitrogens with two attached hydrogens (primary N) is 1. The molecule has 0 amide bonds. The van der Waals surface area contributed by atoms with Gasteiger partial charge in [-0.1, -0.05) is 109 Å². The van der Waals surface area contributed by atoms with Gasteiger partial charge in [-0.15, -0.1) is 0 Å². The van der Waals surface area contributed by atoms with Crippen molar-refractivity contribution in [3.8, 4) is 16.9 Å². The third-order valence-electron chi connectivity index (χ3n) is 8.53. The highest BCUT2D eigenvalue weighted by Gasteiger charge is 2.35. The molecule has 8 nitrogen and oxygen atoms in total. The Kier molecular flexibility index (Phi) is 9.99. The molecule has 1 aliphatic carbocycles. The van der Waals surface area contributed by atoms with Crippen LogP contribution in [0.4, 0.5) is 0 Å². The average molecular weight is 662 g/mol. The van der Waals surface area contributed by atoms with Crippen molar-refractivity contribution < 1.29 is 31.7 Å². The highest BCUT2D eigenvalue weighted by atomic mass is 32.2. The maximum Gasteiger partial charge on any atom is 0.339 e. The van der Waals surface area contributed by atoms with Gasteiger partial charge < -0.3 is 19.4 Å². The van der Waals surface area contributed by atoms with Gasteiger partial charge in [0, 0.05) is 5.92 Å². The zero-order chi connectivity index (χ0) is 33.5. The van der Waals surface area contributed by atoms with Crippen molar-refractivity contribution in [2.24, 2.45) is 11.7 Å². The van der Waals surface area contributed by atoms with Crippen LogP contribution in [0.5, 0.6) is 5.75 Å². The summed E-state index contributed by atoms with van der Waals surface area (Å²) in [5.41, 5.74) is 11.9. The van der Waals surface area contributed by atoms with Gasteiger partial charge in [-0.2, -0.15) is 8.42 Å². The van der Waals surface area contributed by atoms with Crippen LogP contribution >= 0.6 is 0 Å². The van der Waals surface area contributed by atoms with E-state index in [0.29, 0.717) is 5.56 Å². The fraction of sp³-hybridized carbons (Fsp3) is 0.179. The van der Waals surface area contributed by atoms with Gasteiger partial charge in [-0.25, -0.2) is 0 Å². The molecule has 0 spiro atoms. The zero-order valence-electron chi connectivity index (χ0n) is 26.1. The van der Waals surface area contributed by atoms with Crippen LogP contribution in [0.15, 0.2) is 138 Å². The van der Waals surface area contributed by atoms with Crippen molar-refractivity contribution >= 4 is 22.1 Å². The molecule has 2 N–H and O–H groups in total. The lowest BCUT2D eigenvalue weighted by molar-refractivity contribution is -0.149. The molecule has 0 fully saturated rings. The van der Waals surface area contributed by atoms with Gasteiger partial charge in [-0.05, 0) is 70.1 Å². The molecule has 48 heavy (non-hydrogen) atoms. The quantitative estimate of drug-likeness (QED) is 0.111. The Hall–Kier alpha value is -5.25. The van der Waals surface area contributed by atoms with Crippen molar-refractivity contribution in [3.63, 3.8) is 0 Å². The van der Waals surface area contributed by atoms with E-state index < -0.39 is 33.9 Å². The maximum absolute atomic E-state index is 14.0. The number of carbonyl (C=O) groups is 2. The third kappa shape index (κ3) is 7.33. The van der Waals surface area contributed by atoms with Gasteiger partial charge in [0.25, 0.3) is 0 Å². The summed E-state index contributed by atoms with van der Waals surface area (Å²) >= 11 is 0. The summed E-state index contributed by atoms with van der Waals surface area (Å²) in [5, 5.41) is 0. The number of hydrogen-bond acceptors (Lipinski definition) is 8. The lowest BCUT2D eigenvalue weighted by Gasteiger charge is -2.25. The van der Waals surface area contributed by atoms with Gasteiger partial charge in [0.05, 0.1) is 12.3 Å². The summed E-state index contributed by atoms with van der Waals surface area (Å²) < 4.78 is 42.5. The van der Waals surface area contributed by atoms with Gasteiger partial charge in [0.1, 0.15) is 23.9 Å². The Bertz CT molecular complexity index is 1940. The SMILES string of the molecule is NCC(CC(=O)OCc1ccccc1)C(C(=O)OCC1c2ccccc2-c2ccccc21)c1ccc(OS(=O)(=O)c2ccccc2)cc1.